The maximum absolute atomic E-state index is 10.9. The van der Waals surface area contributed by atoms with Crippen molar-refractivity contribution in [1.29, 1.82) is 0 Å². The van der Waals surface area contributed by atoms with Crippen LogP contribution < -0.4 is 5.32 Å². The Morgan fingerprint density at radius 3 is 2.37 bits per heavy atom. The van der Waals surface area contributed by atoms with Gasteiger partial charge < -0.3 is 35.2 Å². The molecule has 0 spiro atoms. The highest BCUT2D eigenvalue weighted by atomic mass is 31.2. The van der Waals surface area contributed by atoms with E-state index in [4.69, 9.17) is 14.5 Å². The zero-order chi connectivity index (χ0) is 14.8. The highest BCUT2D eigenvalue weighted by molar-refractivity contribution is 7.46. The van der Waals surface area contributed by atoms with E-state index in [1.807, 2.05) is 0 Å². The van der Waals surface area contributed by atoms with Gasteiger partial charge in [-0.2, -0.15) is 0 Å². The van der Waals surface area contributed by atoms with Gasteiger partial charge in [0.1, 0.15) is 24.4 Å². The Hall–Kier alpha value is -0.580. The summed E-state index contributed by atoms with van der Waals surface area (Å²) >= 11 is 0. The predicted octanol–water partition coefficient (Wildman–Crippen LogP) is -2.96. The van der Waals surface area contributed by atoms with Crippen LogP contribution >= 0.6 is 7.82 Å². The number of ether oxygens (including phenoxy) is 1. The number of nitrogens with one attached hydrogen (secondary N) is 1. The first-order valence-electron chi connectivity index (χ1n) is 5.28. The average molecular weight is 301 g/mol. The quantitative estimate of drug-likeness (QED) is 0.297. The van der Waals surface area contributed by atoms with E-state index in [2.05, 4.69) is 9.84 Å². The monoisotopic (exact) mass is 301 g/mol. The van der Waals surface area contributed by atoms with Crippen molar-refractivity contribution in [3.8, 4) is 0 Å². The first-order chi connectivity index (χ1) is 8.61. The second-order valence-electron chi connectivity index (χ2n) is 4.06. The van der Waals surface area contributed by atoms with Crippen molar-refractivity contribution in [2.75, 3.05) is 6.61 Å². The van der Waals surface area contributed by atoms with E-state index in [1.54, 1.807) is 0 Å². The molecular formula is C8H16NO9P. The van der Waals surface area contributed by atoms with Crippen LogP contribution in [-0.2, 0) is 18.6 Å². The summed E-state index contributed by atoms with van der Waals surface area (Å²) in [7, 11) is -4.76. The summed E-state index contributed by atoms with van der Waals surface area (Å²) in [6, 6.07) is -1.25. The molecule has 1 fully saturated rings. The molecule has 0 radical (unpaired) electrons. The number of hydrogen-bond donors (Lipinski definition) is 6. The highest BCUT2D eigenvalue weighted by Crippen LogP contribution is 2.36. The lowest BCUT2D eigenvalue weighted by Crippen LogP contribution is -2.64. The summed E-state index contributed by atoms with van der Waals surface area (Å²) in [5, 5.41) is 31.1. The largest absolute Gasteiger partial charge is 0.469 e. The number of amides is 1. The number of phosphoric acid groups is 1. The van der Waals surface area contributed by atoms with Gasteiger partial charge in [0.2, 0.25) is 5.91 Å². The zero-order valence-corrected chi connectivity index (χ0v) is 10.8. The Balaban J connectivity index is 2.66. The van der Waals surface area contributed by atoms with Crippen molar-refractivity contribution in [2.24, 2.45) is 0 Å². The van der Waals surface area contributed by atoms with Gasteiger partial charge in [-0.25, -0.2) is 4.57 Å². The lowest BCUT2D eigenvalue weighted by molar-refractivity contribution is -0.252. The second-order valence-corrected chi connectivity index (χ2v) is 5.30. The predicted molar refractivity (Wildman–Crippen MR) is 58.5 cm³/mol. The number of carbonyl (C=O) groups excluding carboxylic acids is 1. The lowest BCUT2D eigenvalue weighted by atomic mass is 9.97. The van der Waals surface area contributed by atoms with Gasteiger partial charge in [-0.3, -0.25) is 9.32 Å². The van der Waals surface area contributed by atoms with E-state index in [9.17, 15) is 24.7 Å². The Labute approximate surface area is 108 Å². The van der Waals surface area contributed by atoms with Gasteiger partial charge in [0, 0.05) is 6.92 Å². The topological polar surface area (TPSA) is 166 Å². The Morgan fingerprint density at radius 2 is 1.89 bits per heavy atom. The molecule has 5 atom stereocenters. The number of rotatable bonds is 4. The molecule has 10 nitrogen and oxygen atoms in total. The maximum atomic E-state index is 10.9. The normalized spacial score (nSPS) is 36.0. The Morgan fingerprint density at radius 1 is 1.32 bits per heavy atom. The van der Waals surface area contributed by atoms with Crippen LogP contribution in [0.25, 0.3) is 0 Å². The van der Waals surface area contributed by atoms with E-state index in [0.717, 1.165) is 6.92 Å². The minimum absolute atomic E-state index is 0.552. The zero-order valence-electron chi connectivity index (χ0n) is 9.91. The van der Waals surface area contributed by atoms with Crippen molar-refractivity contribution < 1.29 is 43.7 Å². The second kappa shape index (κ2) is 6.25. The van der Waals surface area contributed by atoms with E-state index >= 15 is 0 Å². The molecule has 1 aliphatic heterocycles. The Kier molecular flexibility index (Phi) is 5.42. The third-order valence-electron chi connectivity index (χ3n) is 2.50. The molecule has 19 heavy (non-hydrogen) atoms. The number of hydrogen-bond acceptors (Lipinski definition) is 7. The maximum Gasteiger partial charge on any atom is 0.469 e. The summed E-state index contributed by atoms with van der Waals surface area (Å²) < 4.78 is 19.5. The summed E-state index contributed by atoms with van der Waals surface area (Å²) in [5.41, 5.74) is 0. The molecule has 11 heteroatoms. The van der Waals surface area contributed by atoms with Crippen LogP contribution in [0.2, 0.25) is 0 Å². The van der Waals surface area contributed by atoms with E-state index in [0.29, 0.717) is 0 Å². The van der Waals surface area contributed by atoms with Crippen LogP contribution in [0.5, 0.6) is 0 Å². The van der Waals surface area contributed by atoms with Gasteiger partial charge in [0.25, 0.3) is 0 Å². The van der Waals surface area contributed by atoms with Gasteiger partial charge in [0.05, 0.1) is 6.61 Å². The fourth-order valence-electron chi connectivity index (χ4n) is 1.65. The summed E-state index contributed by atoms with van der Waals surface area (Å²) in [4.78, 5) is 27.9. The number of aliphatic hydroxyl groups is 3. The molecule has 0 aromatic heterocycles. The number of aliphatic hydroxyl groups excluding tert-OH is 3. The van der Waals surface area contributed by atoms with E-state index < -0.39 is 51.0 Å². The average Bonchev–Trinajstić information content (AvgIpc) is 2.26. The van der Waals surface area contributed by atoms with Gasteiger partial charge in [-0.15, -0.1) is 0 Å². The molecule has 0 bridgehead atoms. The molecule has 0 unspecified atom stereocenters. The summed E-state index contributed by atoms with van der Waals surface area (Å²) in [6.07, 6.45) is -6.15. The summed E-state index contributed by atoms with van der Waals surface area (Å²) in [6.45, 7) is 0.418. The molecular weight excluding hydrogens is 285 g/mol. The van der Waals surface area contributed by atoms with Gasteiger partial charge in [-0.1, -0.05) is 0 Å². The van der Waals surface area contributed by atoms with Gasteiger partial charge >= 0.3 is 7.82 Å². The van der Waals surface area contributed by atoms with Crippen LogP contribution in [-0.4, -0.2) is 68.3 Å². The third-order valence-corrected chi connectivity index (χ3v) is 2.98. The lowest BCUT2D eigenvalue weighted by Gasteiger charge is -2.40. The van der Waals surface area contributed by atoms with Crippen LogP contribution in [0.3, 0.4) is 0 Å². The van der Waals surface area contributed by atoms with Crippen LogP contribution in [0.15, 0.2) is 0 Å². The fourth-order valence-corrected chi connectivity index (χ4v) is 1.99. The molecule has 0 saturated carbocycles. The van der Waals surface area contributed by atoms with Crippen molar-refractivity contribution in [3.05, 3.63) is 0 Å². The third kappa shape index (κ3) is 4.79. The van der Waals surface area contributed by atoms with Crippen molar-refractivity contribution in [3.63, 3.8) is 0 Å². The molecule has 1 aliphatic rings. The molecule has 1 saturated heterocycles. The first kappa shape index (κ1) is 16.5. The van der Waals surface area contributed by atoms with Crippen molar-refractivity contribution >= 4 is 13.7 Å². The summed E-state index contributed by atoms with van der Waals surface area (Å²) in [5.74, 6) is -0.552. The molecule has 1 amide bonds. The van der Waals surface area contributed by atoms with E-state index in [-0.39, 0.29) is 0 Å². The SMILES string of the molecule is CC(=O)N[C@@H]1[C@@H](O)[C@@H](O)[C@@H](COP(=O)(O)O)O[C@@H]1O. The molecule has 1 heterocycles. The van der Waals surface area contributed by atoms with Crippen LogP contribution in [0.1, 0.15) is 6.92 Å². The first-order valence-corrected chi connectivity index (χ1v) is 6.81. The van der Waals surface area contributed by atoms with Crippen molar-refractivity contribution in [2.45, 2.75) is 37.6 Å². The molecule has 0 aromatic rings. The molecule has 6 N–H and O–H groups in total. The minimum atomic E-state index is -4.76. The van der Waals surface area contributed by atoms with Gasteiger partial charge in [0.15, 0.2) is 6.29 Å². The van der Waals surface area contributed by atoms with Crippen LogP contribution in [0, 0.1) is 0 Å². The molecule has 112 valence electrons. The van der Waals surface area contributed by atoms with Crippen LogP contribution in [0.4, 0.5) is 0 Å². The van der Waals surface area contributed by atoms with E-state index in [1.165, 1.54) is 0 Å². The number of phosphoric ester groups is 1. The highest BCUT2D eigenvalue weighted by Gasteiger charge is 2.44. The minimum Gasteiger partial charge on any atom is -0.388 e. The van der Waals surface area contributed by atoms with Crippen molar-refractivity contribution in [1.82, 2.24) is 5.32 Å². The molecule has 1 rings (SSSR count). The Bertz CT molecular complexity index is 371. The number of carbonyl (C=O) groups is 1. The standard InChI is InChI=1S/C8H16NO9P/c1-3(10)9-5-7(12)6(11)4(18-8(5)13)2-17-19(14,15)16/h4-8,11-13H,2H2,1H3,(H,9,10)(H2,14,15,16)/t4-,5-,6+,7-,8+/m1/s1. The smallest absolute Gasteiger partial charge is 0.388 e. The fraction of sp³-hybridized carbons (Fsp3) is 0.875. The van der Waals surface area contributed by atoms with Gasteiger partial charge in [-0.05, 0) is 0 Å². The molecule has 0 aromatic carbocycles. The molecule has 0 aliphatic carbocycles.